The molecule has 1 amide bonds. The minimum Gasteiger partial charge on any atom is -0.507 e. The van der Waals surface area contributed by atoms with E-state index >= 15 is 0 Å². The molecule has 3 N–H and O–H groups in total. The number of hydrogen-bond donors (Lipinski definition) is 3. The summed E-state index contributed by atoms with van der Waals surface area (Å²) < 4.78 is 10.4. The van der Waals surface area contributed by atoms with Crippen LogP contribution in [0.15, 0.2) is 72.3 Å². The number of benzene rings is 3. The van der Waals surface area contributed by atoms with Crippen molar-refractivity contribution >= 4 is 40.4 Å². The van der Waals surface area contributed by atoms with Crippen LogP contribution in [0.1, 0.15) is 27.5 Å². The lowest BCUT2D eigenvalue weighted by molar-refractivity contribution is -0.132. The minimum atomic E-state index is -1.11. The van der Waals surface area contributed by atoms with Crippen molar-refractivity contribution in [3.8, 4) is 11.5 Å². The van der Waals surface area contributed by atoms with Gasteiger partial charge >= 0.3 is 11.9 Å². The van der Waals surface area contributed by atoms with Crippen LogP contribution >= 0.6 is 0 Å². The van der Waals surface area contributed by atoms with Gasteiger partial charge in [0.25, 0.3) is 5.78 Å². The second-order valence-electron chi connectivity index (χ2n) is 8.27. The highest BCUT2D eigenvalue weighted by Crippen LogP contribution is 2.42. The summed E-state index contributed by atoms with van der Waals surface area (Å²) >= 11 is 0. The Morgan fingerprint density at radius 3 is 2.08 bits per heavy atom. The Morgan fingerprint density at radius 1 is 0.892 bits per heavy atom. The van der Waals surface area contributed by atoms with Gasteiger partial charge in [-0.15, -0.1) is 0 Å². The summed E-state index contributed by atoms with van der Waals surface area (Å²) in [7, 11) is 3.03. The molecule has 186 valence electrons. The lowest BCUT2D eigenvalue weighted by atomic mass is 9.95. The Hall–Kier alpha value is -5.12. The molecule has 5 rings (SSSR count). The number of H-pyrrole nitrogens is 1. The third-order valence-electron chi connectivity index (χ3n) is 6.18. The number of Topliss-reactive ketones (excluding diaryl/α,β-unsaturated/α-hetero) is 1. The quantitative estimate of drug-likeness (QED) is 0.206. The molecule has 0 aliphatic carbocycles. The first-order valence-corrected chi connectivity index (χ1v) is 11.1. The molecule has 3 aromatic carbocycles. The summed E-state index contributed by atoms with van der Waals surface area (Å²) in [6.07, 6.45) is 0. The van der Waals surface area contributed by atoms with Crippen molar-refractivity contribution < 1.29 is 34.1 Å². The summed E-state index contributed by atoms with van der Waals surface area (Å²) in [5.41, 5.74) is 1.56. The molecule has 1 saturated heterocycles. The first kappa shape index (κ1) is 23.6. The number of amides is 1. The van der Waals surface area contributed by atoms with E-state index in [4.69, 9.17) is 9.47 Å². The van der Waals surface area contributed by atoms with Gasteiger partial charge in [0.05, 0.1) is 42.4 Å². The molecule has 1 aromatic heterocycles. The highest BCUT2D eigenvalue weighted by atomic mass is 16.5. The highest BCUT2D eigenvalue weighted by molar-refractivity contribution is 6.51. The molecule has 10 heteroatoms. The van der Waals surface area contributed by atoms with Crippen LogP contribution in [0.3, 0.4) is 0 Å². The predicted octanol–water partition coefficient (Wildman–Crippen LogP) is 3.90. The van der Waals surface area contributed by atoms with E-state index in [9.17, 15) is 24.6 Å². The van der Waals surface area contributed by atoms with Gasteiger partial charge in [-0.2, -0.15) is 0 Å². The number of anilines is 1. The number of methoxy groups -OCH3 is 2. The van der Waals surface area contributed by atoms with Crippen molar-refractivity contribution in [1.29, 1.82) is 0 Å². The van der Waals surface area contributed by atoms with E-state index in [2.05, 4.69) is 9.97 Å². The van der Waals surface area contributed by atoms with Crippen LogP contribution < -0.4 is 14.4 Å². The molecule has 1 unspecified atom stereocenters. The van der Waals surface area contributed by atoms with Gasteiger partial charge in [-0.3, -0.25) is 14.5 Å². The van der Waals surface area contributed by atoms with Crippen LogP contribution in [0.5, 0.6) is 11.5 Å². The Bertz CT molecular complexity index is 1570. The Labute approximate surface area is 210 Å². The number of aliphatic hydroxyl groups is 1. The van der Waals surface area contributed by atoms with Crippen molar-refractivity contribution in [2.24, 2.45) is 0 Å². The van der Waals surface area contributed by atoms with Gasteiger partial charge in [-0.25, -0.2) is 9.78 Å². The summed E-state index contributed by atoms with van der Waals surface area (Å²) in [5.74, 6) is -2.08. The van der Waals surface area contributed by atoms with Crippen LogP contribution in [-0.4, -0.2) is 52.1 Å². The zero-order chi connectivity index (χ0) is 26.3. The van der Waals surface area contributed by atoms with E-state index in [0.717, 1.165) is 0 Å². The Kier molecular flexibility index (Phi) is 5.84. The second-order valence-corrected chi connectivity index (χ2v) is 8.27. The first-order chi connectivity index (χ1) is 17.8. The second kappa shape index (κ2) is 9.15. The van der Waals surface area contributed by atoms with E-state index in [1.54, 1.807) is 48.5 Å². The number of carboxylic acid groups (broad SMARTS) is 1. The van der Waals surface area contributed by atoms with Gasteiger partial charge in [0.1, 0.15) is 17.3 Å². The van der Waals surface area contributed by atoms with Crippen molar-refractivity contribution in [3.63, 3.8) is 0 Å². The average Bonchev–Trinajstić information content (AvgIpc) is 3.45. The van der Waals surface area contributed by atoms with Crippen LogP contribution in [0.4, 0.5) is 5.95 Å². The van der Waals surface area contributed by atoms with Gasteiger partial charge in [0, 0.05) is 5.56 Å². The van der Waals surface area contributed by atoms with Gasteiger partial charge < -0.3 is 24.7 Å². The zero-order valence-electron chi connectivity index (χ0n) is 19.8. The van der Waals surface area contributed by atoms with E-state index in [1.807, 2.05) is 0 Å². The standard InChI is InChI=1S/C27H21N3O7/c1-36-17-8-3-14(4-9-17)22-21(23(31)15-5-10-18(37-2)11-6-15)24(32)25(33)30(22)27-28-19-12-7-16(26(34)35)13-20(19)29-27/h3-13,22,31H,1-2H3,(H,28,29)(H,34,35)/b23-21+. The molecule has 0 bridgehead atoms. The minimum absolute atomic E-state index is 0.0363. The smallest absolute Gasteiger partial charge is 0.335 e. The number of imidazole rings is 1. The summed E-state index contributed by atoms with van der Waals surface area (Å²) in [6, 6.07) is 16.5. The number of carboxylic acids is 1. The Balaban J connectivity index is 1.69. The number of nitrogens with one attached hydrogen (secondary N) is 1. The molecule has 1 atom stereocenters. The third-order valence-corrected chi connectivity index (χ3v) is 6.18. The summed E-state index contributed by atoms with van der Waals surface area (Å²) in [4.78, 5) is 46.6. The van der Waals surface area contributed by atoms with Gasteiger partial charge in [0.2, 0.25) is 5.95 Å². The zero-order valence-corrected chi connectivity index (χ0v) is 19.8. The summed E-state index contributed by atoms with van der Waals surface area (Å²) in [6.45, 7) is 0. The number of aromatic carboxylic acids is 1. The molecule has 10 nitrogen and oxygen atoms in total. The molecule has 37 heavy (non-hydrogen) atoms. The number of hydrogen-bond acceptors (Lipinski definition) is 7. The lowest BCUT2D eigenvalue weighted by Gasteiger charge is -2.23. The fourth-order valence-electron chi connectivity index (χ4n) is 4.30. The largest absolute Gasteiger partial charge is 0.507 e. The number of ketones is 1. The van der Waals surface area contributed by atoms with E-state index in [1.165, 1.54) is 37.3 Å². The number of aromatic amines is 1. The predicted molar refractivity (Wildman–Crippen MR) is 134 cm³/mol. The monoisotopic (exact) mass is 499 g/mol. The molecule has 1 aliphatic heterocycles. The normalized spacial score (nSPS) is 16.8. The highest BCUT2D eigenvalue weighted by Gasteiger charge is 2.48. The van der Waals surface area contributed by atoms with Gasteiger partial charge in [0.15, 0.2) is 0 Å². The number of nitrogens with zero attached hydrogens (tertiary/aromatic N) is 2. The van der Waals surface area contributed by atoms with Crippen LogP contribution in [-0.2, 0) is 9.59 Å². The maximum Gasteiger partial charge on any atom is 0.335 e. The fourth-order valence-corrected chi connectivity index (χ4v) is 4.30. The maximum atomic E-state index is 13.3. The molecular weight excluding hydrogens is 478 g/mol. The molecule has 1 fully saturated rings. The number of aromatic nitrogens is 2. The van der Waals surface area contributed by atoms with Crippen LogP contribution in [0, 0.1) is 0 Å². The average molecular weight is 499 g/mol. The van der Waals surface area contributed by atoms with Crippen molar-refractivity contribution in [2.75, 3.05) is 19.1 Å². The summed E-state index contributed by atoms with van der Waals surface area (Å²) in [5, 5.41) is 20.5. The molecule has 0 spiro atoms. The molecule has 1 aliphatic rings. The van der Waals surface area contributed by atoms with E-state index < -0.39 is 23.7 Å². The third kappa shape index (κ3) is 4.04. The molecule has 4 aromatic rings. The van der Waals surface area contributed by atoms with Crippen LogP contribution in [0.25, 0.3) is 16.8 Å². The molecule has 2 heterocycles. The van der Waals surface area contributed by atoms with Crippen molar-refractivity contribution in [1.82, 2.24) is 9.97 Å². The lowest BCUT2D eigenvalue weighted by Crippen LogP contribution is -2.30. The Morgan fingerprint density at radius 2 is 1.49 bits per heavy atom. The fraction of sp³-hybridized carbons (Fsp3) is 0.111. The van der Waals surface area contributed by atoms with E-state index in [-0.39, 0.29) is 22.8 Å². The maximum absolute atomic E-state index is 13.3. The number of ether oxygens (including phenoxy) is 2. The number of carbonyl (C=O) groups is 3. The topological polar surface area (TPSA) is 142 Å². The number of fused-ring (bicyclic) bond motifs is 1. The number of carbonyl (C=O) groups excluding carboxylic acids is 2. The molecule has 0 saturated carbocycles. The van der Waals surface area contributed by atoms with Gasteiger partial charge in [-0.1, -0.05) is 12.1 Å². The van der Waals surface area contributed by atoms with Crippen molar-refractivity contribution in [2.45, 2.75) is 6.04 Å². The van der Waals surface area contributed by atoms with Gasteiger partial charge in [-0.05, 0) is 60.2 Å². The molecule has 0 radical (unpaired) electrons. The number of aliphatic hydroxyl groups excluding tert-OH is 1. The van der Waals surface area contributed by atoms with Crippen molar-refractivity contribution in [3.05, 3.63) is 89.0 Å². The first-order valence-electron chi connectivity index (χ1n) is 11.1. The van der Waals surface area contributed by atoms with Crippen LogP contribution in [0.2, 0.25) is 0 Å². The SMILES string of the molecule is COc1ccc(/C(O)=C2\C(=O)C(=O)N(c3nc4ccc(C(=O)O)cc4[nH]3)C2c2ccc(OC)cc2)cc1. The van der Waals surface area contributed by atoms with E-state index in [0.29, 0.717) is 33.7 Å². The number of rotatable bonds is 6. The molecular formula is C27H21N3O7.